The predicted molar refractivity (Wildman–Crippen MR) is 210 cm³/mol. The van der Waals surface area contributed by atoms with Gasteiger partial charge in [-0.3, -0.25) is 0 Å². The maximum Gasteiger partial charge on any atom is 0.0805 e. The third-order valence-electron chi connectivity index (χ3n) is 10.4. The predicted octanol–water partition coefficient (Wildman–Crippen LogP) is 15.8. The molecule has 47 heavy (non-hydrogen) atoms. The van der Waals surface area contributed by atoms with Gasteiger partial charge in [0, 0.05) is 0 Å². The number of rotatable bonds is 32. The molecule has 0 radical (unpaired) electrons. The second-order valence-corrected chi connectivity index (χ2v) is 14.9. The Kier molecular flexibility index (Phi) is 25.9. The molecule has 2 atom stereocenters. The van der Waals surface area contributed by atoms with Crippen molar-refractivity contribution in [3.05, 3.63) is 70.8 Å². The van der Waals surface area contributed by atoms with Crippen molar-refractivity contribution in [1.82, 2.24) is 0 Å². The second-order valence-electron chi connectivity index (χ2n) is 14.9. The van der Waals surface area contributed by atoms with Gasteiger partial charge in [0.25, 0.3) is 0 Å². The van der Waals surface area contributed by atoms with Gasteiger partial charge in [0.2, 0.25) is 0 Å². The SMILES string of the molecule is CCCCCCCCCCCCCCCc1cccc(C(C)OC(C)c2cccc(CCCCCCCCCCCCCCC)c2)c1. The number of ether oxygens (including phenoxy) is 1. The smallest absolute Gasteiger partial charge is 0.0805 e. The van der Waals surface area contributed by atoms with Gasteiger partial charge in [-0.25, -0.2) is 0 Å². The van der Waals surface area contributed by atoms with Crippen LogP contribution in [0.1, 0.15) is 229 Å². The summed E-state index contributed by atoms with van der Waals surface area (Å²) >= 11 is 0. The lowest BCUT2D eigenvalue weighted by atomic mass is 10.00. The molecule has 0 saturated carbocycles. The topological polar surface area (TPSA) is 9.23 Å². The first-order chi connectivity index (χ1) is 23.1. The summed E-state index contributed by atoms with van der Waals surface area (Å²) in [5, 5.41) is 0. The molecule has 2 unspecified atom stereocenters. The zero-order chi connectivity index (χ0) is 33.6. The molecule has 0 amide bonds. The Labute approximate surface area is 294 Å². The Morgan fingerprint density at radius 3 is 0.957 bits per heavy atom. The molecular weight excluding hydrogens is 569 g/mol. The van der Waals surface area contributed by atoms with Crippen LogP contribution in [0.3, 0.4) is 0 Å². The summed E-state index contributed by atoms with van der Waals surface area (Å²) in [6, 6.07) is 18.3. The van der Waals surface area contributed by atoms with Crippen molar-refractivity contribution >= 4 is 0 Å². The van der Waals surface area contributed by atoms with Gasteiger partial charge in [-0.15, -0.1) is 0 Å². The molecule has 0 spiro atoms. The summed E-state index contributed by atoms with van der Waals surface area (Å²) < 4.78 is 6.58. The van der Waals surface area contributed by atoms with Gasteiger partial charge >= 0.3 is 0 Å². The van der Waals surface area contributed by atoms with Gasteiger partial charge in [0.05, 0.1) is 12.2 Å². The van der Waals surface area contributed by atoms with Crippen molar-refractivity contribution in [3.8, 4) is 0 Å². The molecule has 0 fully saturated rings. The highest BCUT2D eigenvalue weighted by Gasteiger charge is 2.14. The minimum atomic E-state index is 0.0984. The maximum atomic E-state index is 6.58. The Morgan fingerprint density at radius 2 is 0.660 bits per heavy atom. The highest BCUT2D eigenvalue weighted by molar-refractivity contribution is 5.27. The van der Waals surface area contributed by atoms with Crippen molar-refractivity contribution in [3.63, 3.8) is 0 Å². The van der Waals surface area contributed by atoms with E-state index in [0.717, 1.165) is 0 Å². The average Bonchev–Trinajstić information content (AvgIpc) is 3.09. The van der Waals surface area contributed by atoms with Crippen LogP contribution in [-0.2, 0) is 17.6 Å². The number of unbranched alkanes of at least 4 members (excludes halogenated alkanes) is 24. The molecule has 0 aliphatic heterocycles. The van der Waals surface area contributed by atoms with Crippen LogP contribution in [0, 0.1) is 0 Å². The highest BCUT2D eigenvalue weighted by Crippen LogP contribution is 2.28. The molecule has 2 aromatic carbocycles. The van der Waals surface area contributed by atoms with Crippen LogP contribution in [0.15, 0.2) is 48.5 Å². The van der Waals surface area contributed by atoms with E-state index in [1.807, 2.05) is 0 Å². The molecule has 268 valence electrons. The molecule has 0 aliphatic rings. The Bertz CT molecular complexity index is 885. The maximum absolute atomic E-state index is 6.58. The summed E-state index contributed by atoms with van der Waals surface area (Å²) in [5.74, 6) is 0. The summed E-state index contributed by atoms with van der Waals surface area (Å²) in [4.78, 5) is 0. The van der Waals surface area contributed by atoms with Gasteiger partial charge < -0.3 is 4.74 Å². The summed E-state index contributed by atoms with van der Waals surface area (Å²) in [6.07, 6.45) is 39.3. The highest BCUT2D eigenvalue weighted by atomic mass is 16.5. The standard InChI is InChI=1S/C46H78O/c1-5-7-9-11-13-15-17-19-21-23-25-27-29-33-43-35-31-37-45(39-43)41(3)47-42(4)46-38-32-36-44(40-46)34-30-28-26-24-22-20-18-16-14-12-10-8-6-2/h31-32,35-42H,5-30,33-34H2,1-4H3. The van der Waals surface area contributed by atoms with Crippen molar-refractivity contribution in [2.24, 2.45) is 0 Å². The van der Waals surface area contributed by atoms with E-state index in [0.29, 0.717) is 0 Å². The molecule has 1 heteroatoms. The van der Waals surface area contributed by atoms with Crippen LogP contribution in [-0.4, -0.2) is 0 Å². The van der Waals surface area contributed by atoms with Crippen LogP contribution in [0.5, 0.6) is 0 Å². The third-order valence-corrected chi connectivity index (χ3v) is 10.4. The number of benzene rings is 2. The van der Waals surface area contributed by atoms with E-state index in [9.17, 15) is 0 Å². The van der Waals surface area contributed by atoms with E-state index in [-0.39, 0.29) is 12.2 Å². The molecule has 0 saturated heterocycles. The Hall–Kier alpha value is -1.60. The second kappa shape index (κ2) is 29.3. The fourth-order valence-electron chi connectivity index (χ4n) is 7.16. The monoisotopic (exact) mass is 647 g/mol. The van der Waals surface area contributed by atoms with Crippen molar-refractivity contribution < 1.29 is 4.74 Å². The van der Waals surface area contributed by atoms with Gasteiger partial charge in [-0.2, -0.15) is 0 Å². The van der Waals surface area contributed by atoms with Gasteiger partial charge in [-0.1, -0.05) is 216 Å². The molecule has 2 rings (SSSR count). The summed E-state index contributed by atoms with van der Waals surface area (Å²) in [5.41, 5.74) is 5.56. The Balaban J connectivity index is 1.56. The van der Waals surface area contributed by atoms with Crippen LogP contribution >= 0.6 is 0 Å². The first kappa shape index (κ1) is 41.6. The van der Waals surface area contributed by atoms with Crippen LogP contribution in [0.2, 0.25) is 0 Å². The largest absolute Gasteiger partial charge is 0.366 e. The van der Waals surface area contributed by atoms with Gasteiger partial charge in [0.15, 0.2) is 0 Å². The lowest BCUT2D eigenvalue weighted by molar-refractivity contribution is 0.00579. The minimum Gasteiger partial charge on any atom is -0.366 e. The minimum absolute atomic E-state index is 0.0984. The molecule has 0 bridgehead atoms. The summed E-state index contributed by atoms with van der Waals surface area (Å²) in [7, 11) is 0. The van der Waals surface area contributed by atoms with Gasteiger partial charge in [-0.05, 0) is 61.8 Å². The first-order valence-corrected chi connectivity index (χ1v) is 21.0. The lowest BCUT2D eigenvalue weighted by Gasteiger charge is -2.21. The molecule has 0 N–H and O–H groups in total. The van der Waals surface area contributed by atoms with E-state index in [1.165, 1.54) is 202 Å². The quantitative estimate of drug-likeness (QED) is 0.0719. The number of hydrogen-bond acceptors (Lipinski definition) is 1. The molecule has 0 aromatic heterocycles. The molecule has 0 heterocycles. The number of hydrogen-bond donors (Lipinski definition) is 0. The molecule has 0 aliphatic carbocycles. The number of aryl methyl sites for hydroxylation is 2. The molecule has 1 nitrogen and oxygen atoms in total. The van der Waals surface area contributed by atoms with Crippen molar-refractivity contribution in [2.75, 3.05) is 0 Å². The van der Waals surface area contributed by atoms with E-state index in [4.69, 9.17) is 4.74 Å². The lowest BCUT2D eigenvalue weighted by Crippen LogP contribution is -2.06. The molecule has 2 aromatic rings. The van der Waals surface area contributed by atoms with Crippen LogP contribution in [0.4, 0.5) is 0 Å². The fraction of sp³-hybridized carbons (Fsp3) is 0.739. The van der Waals surface area contributed by atoms with E-state index in [2.05, 4.69) is 76.2 Å². The van der Waals surface area contributed by atoms with Crippen molar-refractivity contribution in [2.45, 2.75) is 220 Å². The third kappa shape index (κ3) is 21.9. The van der Waals surface area contributed by atoms with Crippen LogP contribution < -0.4 is 0 Å². The van der Waals surface area contributed by atoms with Crippen LogP contribution in [0.25, 0.3) is 0 Å². The molecular formula is C46H78O. The van der Waals surface area contributed by atoms with Crippen molar-refractivity contribution in [1.29, 1.82) is 0 Å². The van der Waals surface area contributed by atoms with Gasteiger partial charge in [0.1, 0.15) is 0 Å². The summed E-state index contributed by atoms with van der Waals surface area (Å²) in [6.45, 7) is 9.04. The normalized spacial score (nSPS) is 12.9. The average molecular weight is 647 g/mol. The zero-order valence-corrected chi connectivity index (χ0v) is 32.0. The Morgan fingerprint density at radius 1 is 0.383 bits per heavy atom. The fourth-order valence-corrected chi connectivity index (χ4v) is 7.16. The first-order valence-electron chi connectivity index (χ1n) is 21.0. The zero-order valence-electron chi connectivity index (χ0n) is 32.0. The van der Waals surface area contributed by atoms with E-state index >= 15 is 0 Å². The van der Waals surface area contributed by atoms with E-state index < -0.39 is 0 Å². The van der Waals surface area contributed by atoms with E-state index in [1.54, 1.807) is 0 Å².